The molecule has 1 rings (SSSR count). The van der Waals surface area contributed by atoms with Crippen LogP contribution in [0.1, 0.15) is 78.6 Å². The van der Waals surface area contributed by atoms with Crippen LogP contribution in [0.25, 0.3) is 0 Å². The highest BCUT2D eigenvalue weighted by molar-refractivity contribution is 5.71. The SMILES string of the molecule is CCCCCC(=O)OC1C(O)C(O)C(O)C(OC(=O)CC)C1OC(=O)CCCCC. The van der Waals surface area contributed by atoms with Crippen molar-refractivity contribution in [3.05, 3.63) is 0 Å². The molecule has 0 radical (unpaired) electrons. The van der Waals surface area contributed by atoms with Gasteiger partial charge in [0.1, 0.15) is 18.3 Å². The van der Waals surface area contributed by atoms with E-state index in [1.165, 1.54) is 0 Å². The first kappa shape index (κ1) is 26.3. The van der Waals surface area contributed by atoms with E-state index in [1.807, 2.05) is 13.8 Å². The quantitative estimate of drug-likeness (QED) is 0.237. The van der Waals surface area contributed by atoms with Crippen molar-refractivity contribution in [2.24, 2.45) is 0 Å². The van der Waals surface area contributed by atoms with E-state index in [-0.39, 0.29) is 19.3 Å². The summed E-state index contributed by atoms with van der Waals surface area (Å²) in [7, 11) is 0. The lowest BCUT2D eigenvalue weighted by molar-refractivity contribution is -0.247. The minimum Gasteiger partial charge on any atom is -0.455 e. The first-order valence-electron chi connectivity index (χ1n) is 10.9. The Balaban J connectivity index is 3.04. The van der Waals surface area contributed by atoms with Gasteiger partial charge in [-0.15, -0.1) is 0 Å². The number of carbonyl (C=O) groups excluding carboxylic acids is 3. The van der Waals surface area contributed by atoms with Gasteiger partial charge in [0, 0.05) is 19.3 Å². The molecule has 6 atom stereocenters. The molecule has 9 nitrogen and oxygen atoms in total. The maximum absolute atomic E-state index is 12.3. The predicted octanol–water partition coefficient (Wildman–Crippen LogP) is 1.39. The summed E-state index contributed by atoms with van der Waals surface area (Å²) >= 11 is 0. The number of ether oxygens (including phenoxy) is 3. The van der Waals surface area contributed by atoms with Gasteiger partial charge in [-0.1, -0.05) is 46.5 Å². The lowest BCUT2D eigenvalue weighted by atomic mass is 9.84. The van der Waals surface area contributed by atoms with Gasteiger partial charge in [-0.05, 0) is 12.8 Å². The number of aliphatic hydroxyl groups excluding tert-OH is 3. The van der Waals surface area contributed by atoms with Crippen molar-refractivity contribution in [1.82, 2.24) is 0 Å². The van der Waals surface area contributed by atoms with Crippen molar-refractivity contribution in [2.45, 2.75) is 115 Å². The first-order valence-corrected chi connectivity index (χ1v) is 10.9. The van der Waals surface area contributed by atoms with Gasteiger partial charge < -0.3 is 29.5 Å². The molecule has 1 aliphatic carbocycles. The summed E-state index contributed by atoms with van der Waals surface area (Å²) < 4.78 is 15.9. The van der Waals surface area contributed by atoms with Crippen molar-refractivity contribution >= 4 is 17.9 Å². The summed E-state index contributed by atoms with van der Waals surface area (Å²) in [5.74, 6) is -1.96. The minimum atomic E-state index is -1.75. The predicted molar refractivity (Wildman–Crippen MR) is 106 cm³/mol. The fourth-order valence-electron chi connectivity index (χ4n) is 3.27. The summed E-state index contributed by atoms with van der Waals surface area (Å²) in [4.78, 5) is 36.4. The van der Waals surface area contributed by atoms with E-state index >= 15 is 0 Å². The number of aliphatic hydroxyl groups is 3. The molecule has 0 heterocycles. The van der Waals surface area contributed by atoms with Crippen molar-refractivity contribution in [1.29, 1.82) is 0 Å². The molecule has 0 bridgehead atoms. The Bertz CT molecular complexity index is 551. The van der Waals surface area contributed by atoms with Crippen LogP contribution in [-0.4, -0.2) is 69.9 Å². The van der Waals surface area contributed by atoms with Gasteiger partial charge in [0.05, 0.1) is 0 Å². The molecule has 0 aromatic carbocycles. The lowest BCUT2D eigenvalue weighted by Crippen LogP contribution is -2.66. The van der Waals surface area contributed by atoms with E-state index < -0.39 is 54.5 Å². The van der Waals surface area contributed by atoms with Crippen molar-refractivity contribution < 1.29 is 43.9 Å². The van der Waals surface area contributed by atoms with Crippen molar-refractivity contribution in [2.75, 3.05) is 0 Å². The largest absolute Gasteiger partial charge is 0.455 e. The van der Waals surface area contributed by atoms with Crippen LogP contribution in [0.15, 0.2) is 0 Å². The fourth-order valence-corrected chi connectivity index (χ4v) is 3.27. The van der Waals surface area contributed by atoms with E-state index in [9.17, 15) is 29.7 Å². The second-order valence-electron chi connectivity index (χ2n) is 7.60. The van der Waals surface area contributed by atoms with E-state index in [1.54, 1.807) is 6.92 Å². The van der Waals surface area contributed by atoms with Crippen LogP contribution in [0.4, 0.5) is 0 Å². The zero-order valence-corrected chi connectivity index (χ0v) is 18.1. The molecule has 1 aliphatic rings. The fraction of sp³-hybridized carbons (Fsp3) is 0.857. The second-order valence-corrected chi connectivity index (χ2v) is 7.60. The average molecular weight is 433 g/mol. The van der Waals surface area contributed by atoms with E-state index in [2.05, 4.69) is 0 Å². The highest BCUT2D eigenvalue weighted by Crippen LogP contribution is 2.29. The molecule has 174 valence electrons. The van der Waals surface area contributed by atoms with E-state index in [0.717, 1.165) is 25.7 Å². The molecule has 0 aliphatic heterocycles. The summed E-state index contributed by atoms with van der Waals surface area (Å²) in [6, 6.07) is 0. The Hall–Kier alpha value is -1.71. The van der Waals surface area contributed by atoms with Crippen LogP contribution >= 0.6 is 0 Å². The molecular formula is C21H36O9. The third-order valence-electron chi connectivity index (χ3n) is 5.08. The molecule has 0 saturated heterocycles. The number of hydrogen-bond donors (Lipinski definition) is 3. The van der Waals surface area contributed by atoms with Crippen molar-refractivity contribution in [3.63, 3.8) is 0 Å². The Morgan fingerprint density at radius 2 is 1.00 bits per heavy atom. The minimum absolute atomic E-state index is 0.0134. The normalized spacial score (nSPS) is 28.6. The topological polar surface area (TPSA) is 140 Å². The van der Waals surface area contributed by atoms with E-state index in [0.29, 0.717) is 12.8 Å². The summed E-state index contributed by atoms with van der Waals surface area (Å²) in [6.45, 7) is 5.50. The van der Waals surface area contributed by atoms with Crippen LogP contribution in [0.3, 0.4) is 0 Å². The first-order chi connectivity index (χ1) is 14.3. The number of carbonyl (C=O) groups is 3. The standard InChI is InChI=1S/C21H36O9/c1-4-7-9-11-14(23)29-20-18(27)16(25)17(26)19(28-13(22)6-3)21(20)30-15(24)12-10-8-5-2/h16-21,25-27H,4-12H2,1-3H3. The highest BCUT2D eigenvalue weighted by Gasteiger charge is 2.55. The van der Waals surface area contributed by atoms with Crippen LogP contribution in [-0.2, 0) is 28.6 Å². The number of unbranched alkanes of at least 4 members (excludes halogenated alkanes) is 4. The number of esters is 3. The van der Waals surface area contributed by atoms with Crippen LogP contribution < -0.4 is 0 Å². The Morgan fingerprint density at radius 3 is 1.40 bits per heavy atom. The molecule has 1 fully saturated rings. The summed E-state index contributed by atoms with van der Waals surface area (Å²) in [5.41, 5.74) is 0. The molecule has 0 aromatic rings. The van der Waals surface area contributed by atoms with E-state index in [4.69, 9.17) is 14.2 Å². The van der Waals surface area contributed by atoms with Gasteiger partial charge in [0.25, 0.3) is 0 Å². The van der Waals surface area contributed by atoms with Gasteiger partial charge in [-0.3, -0.25) is 14.4 Å². The maximum Gasteiger partial charge on any atom is 0.306 e. The van der Waals surface area contributed by atoms with Crippen molar-refractivity contribution in [3.8, 4) is 0 Å². The summed E-state index contributed by atoms with van der Waals surface area (Å²) in [6.07, 6.45) is -4.79. The van der Waals surface area contributed by atoms with Gasteiger partial charge in [0.2, 0.25) is 0 Å². The third kappa shape index (κ3) is 7.85. The molecule has 0 spiro atoms. The molecule has 30 heavy (non-hydrogen) atoms. The van der Waals surface area contributed by atoms with Gasteiger partial charge >= 0.3 is 17.9 Å². The zero-order chi connectivity index (χ0) is 22.7. The molecule has 6 unspecified atom stereocenters. The lowest BCUT2D eigenvalue weighted by Gasteiger charge is -2.44. The van der Waals surface area contributed by atoms with Crippen LogP contribution in [0.5, 0.6) is 0 Å². The van der Waals surface area contributed by atoms with Gasteiger partial charge in [-0.2, -0.15) is 0 Å². The zero-order valence-electron chi connectivity index (χ0n) is 18.1. The smallest absolute Gasteiger partial charge is 0.306 e. The summed E-state index contributed by atoms with van der Waals surface area (Å²) in [5, 5.41) is 31.0. The molecule has 0 aromatic heterocycles. The molecule has 9 heteroatoms. The molecular weight excluding hydrogens is 396 g/mol. The molecule has 1 saturated carbocycles. The number of hydrogen-bond acceptors (Lipinski definition) is 9. The Morgan fingerprint density at radius 1 is 0.600 bits per heavy atom. The maximum atomic E-state index is 12.3. The average Bonchev–Trinajstić information content (AvgIpc) is 2.72. The van der Waals surface area contributed by atoms with Gasteiger partial charge in [-0.25, -0.2) is 0 Å². The second kappa shape index (κ2) is 13.6. The third-order valence-corrected chi connectivity index (χ3v) is 5.08. The van der Waals surface area contributed by atoms with Crippen LogP contribution in [0, 0.1) is 0 Å². The van der Waals surface area contributed by atoms with Crippen LogP contribution in [0.2, 0.25) is 0 Å². The number of rotatable bonds is 12. The molecule has 3 N–H and O–H groups in total. The molecule has 0 amide bonds. The Labute approximate surface area is 177 Å². The monoisotopic (exact) mass is 432 g/mol. The Kier molecular flexibility index (Phi) is 11.9. The van der Waals surface area contributed by atoms with Gasteiger partial charge in [0.15, 0.2) is 18.3 Å². The highest BCUT2D eigenvalue weighted by atomic mass is 16.6.